The van der Waals surface area contributed by atoms with Gasteiger partial charge in [-0.1, -0.05) is 31.5 Å². The molecule has 0 aliphatic heterocycles. The molecular weight excluding hydrogens is 222 g/mol. The van der Waals surface area contributed by atoms with Crippen molar-refractivity contribution in [3.8, 4) is 0 Å². The Bertz CT molecular complexity index is 398. The maximum absolute atomic E-state index is 12.2. The highest BCUT2D eigenvalue weighted by atomic mass is 16.1. The van der Waals surface area contributed by atoms with E-state index in [2.05, 4.69) is 38.2 Å². The highest BCUT2D eigenvalue weighted by molar-refractivity contribution is 6.00. The van der Waals surface area contributed by atoms with Crippen LogP contribution in [0.5, 0.6) is 0 Å². The molecule has 0 unspecified atom stereocenters. The first-order valence-corrected chi connectivity index (χ1v) is 6.73. The summed E-state index contributed by atoms with van der Waals surface area (Å²) >= 11 is 0. The lowest BCUT2D eigenvalue weighted by molar-refractivity contribution is 0.0989. The zero-order valence-corrected chi connectivity index (χ0v) is 12.3. The third-order valence-electron chi connectivity index (χ3n) is 3.14. The molecule has 2 heteroatoms. The van der Waals surface area contributed by atoms with Crippen molar-refractivity contribution >= 4 is 5.78 Å². The fourth-order valence-electron chi connectivity index (χ4n) is 2.30. The Labute approximate surface area is 111 Å². The number of hydrogen-bond acceptors (Lipinski definition) is 2. The van der Waals surface area contributed by atoms with Gasteiger partial charge < -0.3 is 5.32 Å². The molecule has 0 radical (unpaired) electrons. The van der Waals surface area contributed by atoms with Gasteiger partial charge in [-0.3, -0.25) is 4.79 Å². The average molecular weight is 247 g/mol. The Balaban J connectivity index is 2.62. The highest BCUT2D eigenvalue weighted by Crippen LogP contribution is 2.16. The lowest BCUT2D eigenvalue weighted by atomic mass is 9.96. The van der Waals surface area contributed by atoms with Crippen molar-refractivity contribution in [1.82, 2.24) is 5.32 Å². The molecule has 100 valence electrons. The van der Waals surface area contributed by atoms with E-state index < -0.39 is 0 Å². The molecule has 1 rings (SSSR count). The first-order valence-electron chi connectivity index (χ1n) is 6.73. The predicted octanol–water partition coefficient (Wildman–Crippen LogP) is 3.43. The van der Waals surface area contributed by atoms with E-state index >= 15 is 0 Å². The standard InChI is InChI=1S/C16H25NO/c1-11(2)6-7-17-10-15(18)16-13(4)8-12(3)9-14(16)5/h8-9,11,17H,6-7,10H2,1-5H3. The third-order valence-corrected chi connectivity index (χ3v) is 3.14. The first kappa shape index (κ1) is 14.9. The van der Waals surface area contributed by atoms with Gasteiger partial charge in [0.1, 0.15) is 0 Å². The van der Waals surface area contributed by atoms with Gasteiger partial charge in [-0.25, -0.2) is 0 Å². The number of benzene rings is 1. The molecule has 1 N–H and O–H groups in total. The Morgan fingerprint density at radius 2 is 1.72 bits per heavy atom. The summed E-state index contributed by atoms with van der Waals surface area (Å²) in [7, 11) is 0. The predicted molar refractivity (Wildman–Crippen MR) is 77.3 cm³/mol. The van der Waals surface area contributed by atoms with Crippen molar-refractivity contribution < 1.29 is 4.79 Å². The zero-order chi connectivity index (χ0) is 13.7. The van der Waals surface area contributed by atoms with Crippen LogP contribution in [-0.4, -0.2) is 18.9 Å². The maximum Gasteiger partial charge on any atom is 0.177 e. The quantitative estimate of drug-likeness (QED) is 0.616. The van der Waals surface area contributed by atoms with Crippen LogP contribution in [-0.2, 0) is 0 Å². The molecule has 0 saturated heterocycles. The SMILES string of the molecule is Cc1cc(C)c(C(=O)CNCCC(C)C)c(C)c1. The van der Waals surface area contributed by atoms with Crippen molar-refractivity contribution in [2.75, 3.05) is 13.1 Å². The molecule has 0 heterocycles. The molecule has 0 spiro atoms. The van der Waals surface area contributed by atoms with E-state index in [-0.39, 0.29) is 5.78 Å². The van der Waals surface area contributed by atoms with Crippen LogP contribution in [0.4, 0.5) is 0 Å². The summed E-state index contributed by atoms with van der Waals surface area (Å²) in [6.45, 7) is 11.8. The second-order valence-electron chi connectivity index (χ2n) is 5.56. The van der Waals surface area contributed by atoms with Crippen LogP contribution in [0, 0.1) is 26.7 Å². The summed E-state index contributed by atoms with van der Waals surface area (Å²) in [6, 6.07) is 4.16. The van der Waals surface area contributed by atoms with E-state index in [4.69, 9.17) is 0 Å². The van der Waals surface area contributed by atoms with E-state index in [9.17, 15) is 4.79 Å². The van der Waals surface area contributed by atoms with Gasteiger partial charge in [0.05, 0.1) is 6.54 Å². The lowest BCUT2D eigenvalue weighted by Gasteiger charge is -2.11. The number of rotatable bonds is 6. The number of hydrogen-bond donors (Lipinski definition) is 1. The number of ketones is 1. The van der Waals surface area contributed by atoms with Gasteiger partial charge in [0, 0.05) is 5.56 Å². The third kappa shape index (κ3) is 4.26. The Kier molecular flexibility index (Phi) is 5.54. The van der Waals surface area contributed by atoms with Crippen molar-refractivity contribution in [3.63, 3.8) is 0 Å². The number of carbonyl (C=O) groups is 1. The zero-order valence-electron chi connectivity index (χ0n) is 12.3. The molecule has 18 heavy (non-hydrogen) atoms. The molecule has 2 nitrogen and oxygen atoms in total. The van der Waals surface area contributed by atoms with Crippen molar-refractivity contribution in [1.29, 1.82) is 0 Å². The normalized spacial score (nSPS) is 11.0. The van der Waals surface area contributed by atoms with E-state index in [1.807, 2.05) is 13.8 Å². The second-order valence-corrected chi connectivity index (χ2v) is 5.56. The molecule has 0 aromatic heterocycles. The fourth-order valence-corrected chi connectivity index (χ4v) is 2.30. The molecule has 0 fully saturated rings. The molecule has 1 aromatic rings. The van der Waals surface area contributed by atoms with Crippen LogP contribution in [0.3, 0.4) is 0 Å². The summed E-state index contributed by atoms with van der Waals surface area (Å²) in [5.41, 5.74) is 4.28. The van der Waals surface area contributed by atoms with E-state index in [0.717, 1.165) is 29.7 Å². The molecule has 0 bridgehead atoms. The molecular formula is C16H25NO. The Morgan fingerprint density at radius 3 is 2.22 bits per heavy atom. The van der Waals surface area contributed by atoms with E-state index in [1.54, 1.807) is 0 Å². The number of carbonyl (C=O) groups excluding carboxylic acids is 1. The topological polar surface area (TPSA) is 29.1 Å². The first-order chi connectivity index (χ1) is 8.41. The summed E-state index contributed by atoms with van der Waals surface area (Å²) in [5.74, 6) is 0.879. The molecule has 0 aliphatic carbocycles. The van der Waals surface area contributed by atoms with Crippen molar-refractivity contribution in [2.45, 2.75) is 41.0 Å². The highest BCUT2D eigenvalue weighted by Gasteiger charge is 2.12. The largest absolute Gasteiger partial charge is 0.310 e. The van der Waals surface area contributed by atoms with Gasteiger partial charge in [-0.15, -0.1) is 0 Å². The van der Waals surface area contributed by atoms with Gasteiger partial charge in [0.25, 0.3) is 0 Å². The van der Waals surface area contributed by atoms with E-state index in [0.29, 0.717) is 12.5 Å². The van der Waals surface area contributed by atoms with Gasteiger partial charge in [0.15, 0.2) is 5.78 Å². The van der Waals surface area contributed by atoms with Crippen LogP contribution < -0.4 is 5.32 Å². The fraction of sp³-hybridized carbons (Fsp3) is 0.562. The van der Waals surface area contributed by atoms with Crippen LogP contribution in [0.1, 0.15) is 47.3 Å². The van der Waals surface area contributed by atoms with Gasteiger partial charge in [-0.05, 0) is 50.8 Å². The van der Waals surface area contributed by atoms with Crippen LogP contribution in [0.15, 0.2) is 12.1 Å². The molecule has 0 saturated carbocycles. The monoisotopic (exact) mass is 247 g/mol. The van der Waals surface area contributed by atoms with Crippen molar-refractivity contribution in [2.24, 2.45) is 5.92 Å². The average Bonchev–Trinajstić information content (AvgIpc) is 2.22. The minimum atomic E-state index is 0.203. The second kappa shape index (κ2) is 6.69. The number of aryl methyl sites for hydroxylation is 3. The van der Waals surface area contributed by atoms with Crippen molar-refractivity contribution in [3.05, 3.63) is 34.4 Å². The summed E-state index contributed by atoms with van der Waals surface area (Å²) in [6.07, 6.45) is 1.11. The Morgan fingerprint density at radius 1 is 1.17 bits per heavy atom. The van der Waals surface area contributed by atoms with Gasteiger partial charge in [0.2, 0.25) is 0 Å². The molecule has 0 aliphatic rings. The van der Waals surface area contributed by atoms with E-state index in [1.165, 1.54) is 5.56 Å². The van der Waals surface area contributed by atoms with Crippen LogP contribution in [0.2, 0.25) is 0 Å². The number of nitrogens with one attached hydrogen (secondary N) is 1. The molecule has 0 atom stereocenters. The minimum Gasteiger partial charge on any atom is -0.310 e. The molecule has 0 amide bonds. The van der Waals surface area contributed by atoms with Gasteiger partial charge >= 0.3 is 0 Å². The summed E-state index contributed by atoms with van der Waals surface area (Å²) < 4.78 is 0. The number of Topliss-reactive ketones (excluding diaryl/α,β-unsaturated/α-hetero) is 1. The minimum absolute atomic E-state index is 0.203. The van der Waals surface area contributed by atoms with Gasteiger partial charge in [-0.2, -0.15) is 0 Å². The summed E-state index contributed by atoms with van der Waals surface area (Å²) in [5, 5.41) is 3.23. The maximum atomic E-state index is 12.2. The Hall–Kier alpha value is -1.15. The van der Waals surface area contributed by atoms with Crippen LogP contribution in [0.25, 0.3) is 0 Å². The summed E-state index contributed by atoms with van der Waals surface area (Å²) in [4.78, 5) is 12.2. The van der Waals surface area contributed by atoms with Crippen LogP contribution >= 0.6 is 0 Å². The smallest absolute Gasteiger partial charge is 0.177 e. The molecule has 1 aromatic carbocycles. The lowest BCUT2D eigenvalue weighted by Crippen LogP contribution is -2.25.